The Morgan fingerprint density at radius 1 is 1.44 bits per heavy atom. The maximum absolute atomic E-state index is 5.71. The number of nitrogen functional groups attached to an aromatic ring is 1. The molecule has 96 valence electrons. The summed E-state index contributed by atoms with van der Waals surface area (Å²) in [5.74, 6) is 1.52. The SMILES string of the molecule is CCNC(Cc1ccnc(N)c1)c1ccoc1C. The van der Waals surface area contributed by atoms with E-state index < -0.39 is 0 Å². The Labute approximate surface area is 107 Å². The molecule has 0 aliphatic carbocycles. The zero-order chi connectivity index (χ0) is 13.0. The fourth-order valence-corrected chi connectivity index (χ4v) is 2.15. The number of pyridine rings is 1. The van der Waals surface area contributed by atoms with E-state index in [1.165, 1.54) is 11.1 Å². The van der Waals surface area contributed by atoms with Gasteiger partial charge in [-0.3, -0.25) is 0 Å². The van der Waals surface area contributed by atoms with Crippen LogP contribution in [0.4, 0.5) is 5.82 Å². The summed E-state index contributed by atoms with van der Waals surface area (Å²) in [6.45, 7) is 5.00. The molecule has 18 heavy (non-hydrogen) atoms. The van der Waals surface area contributed by atoms with E-state index in [2.05, 4.69) is 17.2 Å². The van der Waals surface area contributed by atoms with Crippen molar-refractivity contribution < 1.29 is 4.42 Å². The van der Waals surface area contributed by atoms with E-state index in [4.69, 9.17) is 10.2 Å². The Bertz CT molecular complexity index is 507. The molecule has 2 aromatic heterocycles. The van der Waals surface area contributed by atoms with Crippen molar-refractivity contribution in [1.82, 2.24) is 10.3 Å². The standard InChI is InChI=1S/C14H19N3O/c1-3-16-13(12-5-7-18-10(12)2)8-11-4-6-17-14(15)9-11/h4-7,9,13,16H,3,8H2,1-2H3,(H2,15,17). The zero-order valence-corrected chi connectivity index (χ0v) is 10.8. The molecule has 2 aromatic rings. The normalized spacial score (nSPS) is 12.6. The molecular weight excluding hydrogens is 226 g/mol. The first kappa shape index (κ1) is 12.6. The van der Waals surface area contributed by atoms with Crippen molar-refractivity contribution in [3.05, 3.63) is 47.5 Å². The average molecular weight is 245 g/mol. The number of nitrogens with one attached hydrogen (secondary N) is 1. The van der Waals surface area contributed by atoms with Crippen molar-refractivity contribution in [3.8, 4) is 0 Å². The number of anilines is 1. The van der Waals surface area contributed by atoms with Gasteiger partial charge < -0.3 is 15.5 Å². The molecule has 0 fully saturated rings. The molecule has 1 unspecified atom stereocenters. The lowest BCUT2D eigenvalue weighted by Crippen LogP contribution is -2.23. The van der Waals surface area contributed by atoms with Crippen LogP contribution in [0, 0.1) is 6.92 Å². The first-order valence-electron chi connectivity index (χ1n) is 6.18. The second kappa shape index (κ2) is 5.69. The number of hydrogen-bond acceptors (Lipinski definition) is 4. The minimum absolute atomic E-state index is 0.246. The van der Waals surface area contributed by atoms with Gasteiger partial charge in [0.25, 0.3) is 0 Å². The van der Waals surface area contributed by atoms with E-state index in [-0.39, 0.29) is 6.04 Å². The van der Waals surface area contributed by atoms with Crippen LogP contribution in [-0.4, -0.2) is 11.5 Å². The molecule has 0 amide bonds. The third-order valence-electron chi connectivity index (χ3n) is 3.01. The van der Waals surface area contributed by atoms with Gasteiger partial charge >= 0.3 is 0 Å². The smallest absolute Gasteiger partial charge is 0.123 e. The molecule has 0 saturated carbocycles. The lowest BCUT2D eigenvalue weighted by Gasteiger charge is -2.17. The highest BCUT2D eigenvalue weighted by Crippen LogP contribution is 2.22. The van der Waals surface area contributed by atoms with Crippen molar-refractivity contribution in [1.29, 1.82) is 0 Å². The van der Waals surface area contributed by atoms with E-state index in [0.29, 0.717) is 5.82 Å². The quantitative estimate of drug-likeness (QED) is 0.849. The summed E-state index contributed by atoms with van der Waals surface area (Å²) >= 11 is 0. The van der Waals surface area contributed by atoms with E-state index in [0.717, 1.165) is 18.7 Å². The van der Waals surface area contributed by atoms with Crippen LogP contribution in [0.2, 0.25) is 0 Å². The first-order chi connectivity index (χ1) is 8.70. The van der Waals surface area contributed by atoms with Gasteiger partial charge in [0.2, 0.25) is 0 Å². The van der Waals surface area contributed by atoms with Crippen molar-refractivity contribution >= 4 is 5.82 Å². The predicted molar refractivity (Wildman–Crippen MR) is 72.2 cm³/mol. The van der Waals surface area contributed by atoms with Gasteiger partial charge in [-0.25, -0.2) is 4.98 Å². The third kappa shape index (κ3) is 2.90. The molecule has 0 spiro atoms. The number of aryl methyl sites for hydroxylation is 1. The highest BCUT2D eigenvalue weighted by Gasteiger charge is 2.15. The minimum Gasteiger partial charge on any atom is -0.469 e. The van der Waals surface area contributed by atoms with Gasteiger partial charge in [0.05, 0.1) is 6.26 Å². The number of likely N-dealkylation sites (N-methyl/N-ethyl adjacent to an activating group) is 1. The molecule has 0 saturated heterocycles. The van der Waals surface area contributed by atoms with E-state index >= 15 is 0 Å². The molecule has 0 radical (unpaired) electrons. The number of nitrogens with zero attached hydrogens (tertiary/aromatic N) is 1. The summed E-state index contributed by atoms with van der Waals surface area (Å²) in [7, 11) is 0. The van der Waals surface area contributed by atoms with E-state index in [1.54, 1.807) is 12.5 Å². The van der Waals surface area contributed by atoms with Crippen molar-refractivity contribution in [2.45, 2.75) is 26.3 Å². The fraction of sp³-hybridized carbons (Fsp3) is 0.357. The summed E-state index contributed by atoms with van der Waals surface area (Å²) < 4.78 is 5.38. The third-order valence-corrected chi connectivity index (χ3v) is 3.01. The van der Waals surface area contributed by atoms with Crippen LogP contribution in [0.25, 0.3) is 0 Å². The molecule has 0 aliphatic rings. The Morgan fingerprint density at radius 2 is 2.28 bits per heavy atom. The predicted octanol–water partition coefficient (Wildman–Crippen LogP) is 2.46. The maximum Gasteiger partial charge on any atom is 0.123 e. The number of aromatic nitrogens is 1. The van der Waals surface area contributed by atoms with Gasteiger partial charge in [0, 0.05) is 17.8 Å². The molecule has 3 N–H and O–H groups in total. The van der Waals surface area contributed by atoms with Crippen LogP contribution in [0.15, 0.2) is 35.1 Å². The van der Waals surface area contributed by atoms with Gasteiger partial charge in [-0.2, -0.15) is 0 Å². The highest BCUT2D eigenvalue weighted by atomic mass is 16.3. The first-order valence-corrected chi connectivity index (χ1v) is 6.18. The Hall–Kier alpha value is -1.81. The average Bonchev–Trinajstić information content (AvgIpc) is 2.75. The van der Waals surface area contributed by atoms with Crippen molar-refractivity contribution in [3.63, 3.8) is 0 Å². The Kier molecular flexibility index (Phi) is 3.99. The molecule has 1 atom stereocenters. The summed E-state index contributed by atoms with van der Waals surface area (Å²) in [4.78, 5) is 4.01. The molecule has 0 bridgehead atoms. The number of furan rings is 1. The summed E-state index contributed by atoms with van der Waals surface area (Å²) in [6.07, 6.45) is 4.35. The lowest BCUT2D eigenvalue weighted by atomic mass is 10.00. The van der Waals surface area contributed by atoms with Gasteiger partial charge in [-0.05, 0) is 43.7 Å². The molecule has 4 heteroatoms. The largest absolute Gasteiger partial charge is 0.469 e. The fourth-order valence-electron chi connectivity index (χ4n) is 2.15. The van der Waals surface area contributed by atoms with Crippen molar-refractivity contribution in [2.24, 2.45) is 0 Å². The van der Waals surface area contributed by atoms with Crippen LogP contribution in [0.3, 0.4) is 0 Å². The maximum atomic E-state index is 5.71. The summed E-state index contributed by atoms with van der Waals surface area (Å²) in [6, 6.07) is 6.18. The zero-order valence-electron chi connectivity index (χ0n) is 10.8. The Morgan fingerprint density at radius 3 is 2.89 bits per heavy atom. The summed E-state index contributed by atoms with van der Waals surface area (Å²) in [5.41, 5.74) is 8.08. The van der Waals surface area contributed by atoms with Crippen LogP contribution in [-0.2, 0) is 6.42 Å². The van der Waals surface area contributed by atoms with Crippen LogP contribution >= 0.6 is 0 Å². The topological polar surface area (TPSA) is 64.1 Å². The monoisotopic (exact) mass is 245 g/mol. The Balaban J connectivity index is 2.19. The van der Waals surface area contributed by atoms with Crippen molar-refractivity contribution in [2.75, 3.05) is 12.3 Å². The van der Waals surface area contributed by atoms with Gasteiger partial charge in [-0.15, -0.1) is 0 Å². The molecular formula is C14H19N3O. The number of hydrogen-bond donors (Lipinski definition) is 2. The molecule has 0 aliphatic heterocycles. The molecule has 2 rings (SSSR count). The molecule has 2 heterocycles. The lowest BCUT2D eigenvalue weighted by molar-refractivity contribution is 0.501. The van der Waals surface area contributed by atoms with Gasteiger partial charge in [0.1, 0.15) is 11.6 Å². The number of rotatable bonds is 5. The molecule has 0 aromatic carbocycles. The van der Waals surface area contributed by atoms with Gasteiger partial charge in [0.15, 0.2) is 0 Å². The van der Waals surface area contributed by atoms with E-state index in [1.807, 2.05) is 25.1 Å². The highest BCUT2D eigenvalue weighted by molar-refractivity contribution is 5.33. The van der Waals surface area contributed by atoms with Gasteiger partial charge in [-0.1, -0.05) is 6.92 Å². The second-order valence-corrected chi connectivity index (χ2v) is 4.34. The second-order valence-electron chi connectivity index (χ2n) is 4.34. The molecule has 4 nitrogen and oxygen atoms in total. The number of nitrogens with two attached hydrogens (primary N) is 1. The minimum atomic E-state index is 0.246. The van der Waals surface area contributed by atoms with Crippen LogP contribution in [0.1, 0.15) is 29.9 Å². The van der Waals surface area contributed by atoms with Crippen LogP contribution in [0.5, 0.6) is 0 Å². The van der Waals surface area contributed by atoms with Crippen LogP contribution < -0.4 is 11.1 Å². The van der Waals surface area contributed by atoms with E-state index in [9.17, 15) is 0 Å². The summed E-state index contributed by atoms with van der Waals surface area (Å²) in [5, 5.41) is 3.47.